The number of quaternary nitrogens is 1. The number of esters is 1. The summed E-state index contributed by atoms with van der Waals surface area (Å²) in [5, 5.41) is 9.71. The molecule has 12 heteroatoms. The molecule has 1 amide bonds. The van der Waals surface area contributed by atoms with Gasteiger partial charge in [0.1, 0.15) is 22.6 Å². The Labute approximate surface area is 202 Å². The van der Waals surface area contributed by atoms with Gasteiger partial charge in [-0.3, -0.25) is 0 Å². The molecule has 1 aliphatic heterocycles. The molecular formula is C21H30BrN2O8S+. The maximum absolute atomic E-state index is 13.4. The van der Waals surface area contributed by atoms with Crippen molar-refractivity contribution >= 4 is 44.0 Å². The Balaban J connectivity index is 2.54. The van der Waals surface area contributed by atoms with Gasteiger partial charge < -0.3 is 14.6 Å². The van der Waals surface area contributed by atoms with Crippen LogP contribution in [0.4, 0.5) is 4.79 Å². The number of ether oxygens (including phenoxy) is 2. The van der Waals surface area contributed by atoms with Crippen LogP contribution in [0.25, 0.3) is 0 Å². The summed E-state index contributed by atoms with van der Waals surface area (Å²) in [6.07, 6.45) is -0.649. The number of carbonyl (C=O) groups excluding carboxylic acids is 2. The van der Waals surface area contributed by atoms with Crippen molar-refractivity contribution in [3.05, 3.63) is 28.2 Å². The molecule has 0 radical (unpaired) electrons. The van der Waals surface area contributed by atoms with E-state index in [0.29, 0.717) is 0 Å². The van der Waals surface area contributed by atoms with Crippen LogP contribution < -0.4 is 4.83 Å². The van der Waals surface area contributed by atoms with Crippen LogP contribution in [-0.2, 0) is 24.3 Å². The first-order valence-corrected chi connectivity index (χ1v) is 12.6. The fraction of sp³-hybridized carbons (Fsp3) is 0.571. The van der Waals surface area contributed by atoms with Crippen molar-refractivity contribution in [1.82, 2.24) is 4.83 Å². The normalized spacial score (nSPS) is 21.5. The average Bonchev–Trinajstić information content (AvgIpc) is 3.03. The summed E-state index contributed by atoms with van der Waals surface area (Å²) < 4.78 is 36.3. The van der Waals surface area contributed by atoms with Gasteiger partial charge in [0.05, 0.1) is 10.0 Å². The Morgan fingerprint density at radius 2 is 1.67 bits per heavy atom. The van der Waals surface area contributed by atoms with Crippen LogP contribution in [0.3, 0.4) is 0 Å². The Bertz CT molecular complexity index is 1060. The van der Waals surface area contributed by atoms with E-state index < -0.39 is 49.9 Å². The van der Waals surface area contributed by atoms with E-state index in [1.165, 1.54) is 18.2 Å². The number of carboxylic acid groups (broad SMARTS) is 1. The minimum atomic E-state index is -4.50. The van der Waals surface area contributed by atoms with Crippen molar-refractivity contribution in [2.45, 2.75) is 76.5 Å². The summed E-state index contributed by atoms with van der Waals surface area (Å²) in [5.74, 6) is -2.07. The zero-order valence-corrected chi connectivity index (χ0v) is 21.9. The maximum atomic E-state index is 13.4. The molecular weight excluding hydrogens is 520 g/mol. The van der Waals surface area contributed by atoms with E-state index in [1.54, 1.807) is 41.5 Å². The predicted molar refractivity (Wildman–Crippen MR) is 122 cm³/mol. The lowest BCUT2D eigenvalue weighted by Gasteiger charge is -2.34. The van der Waals surface area contributed by atoms with Gasteiger partial charge in [-0.2, -0.15) is 4.79 Å². The van der Waals surface area contributed by atoms with Gasteiger partial charge in [0, 0.05) is 12.8 Å². The monoisotopic (exact) mass is 549 g/mol. The number of benzene rings is 1. The zero-order chi connectivity index (χ0) is 25.4. The molecule has 1 fully saturated rings. The first-order chi connectivity index (χ1) is 14.9. The van der Waals surface area contributed by atoms with Crippen molar-refractivity contribution < 1.29 is 42.0 Å². The molecule has 2 unspecified atom stereocenters. The van der Waals surface area contributed by atoms with Crippen LogP contribution in [0.2, 0.25) is 0 Å². The lowest BCUT2D eigenvalue weighted by atomic mass is 10.1. The lowest BCUT2D eigenvalue weighted by Crippen LogP contribution is -2.68. The number of nitrogens with one attached hydrogen (secondary N) is 1. The number of carbonyl (C=O) groups is 3. The van der Waals surface area contributed by atoms with Gasteiger partial charge in [0.25, 0.3) is 10.0 Å². The number of aliphatic carboxylic acids is 1. The molecule has 1 aromatic rings. The largest absolute Gasteiger partial charge is 0.538 e. The summed E-state index contributed by atoms with van der Waals surface area (Å²) in [4.78, 5) is 39.5. The molecule has 0 bridgehead atoms. The van der Waals surface area contributed by atoms with Crippen molar-refractivity contribution in [1.29, 1.82) is 0 Å². The number of sulfonamides is 1. The lowest BCUT2D eigenvalue weighted by molar-refractivity contribution is -0.891. The highest BCUT2D eigenvalue weighted by molar-refractivity contribution is 9.10. The van der Waals surface area contributed by atoms with Crippen molar-refractivity contribution in [3.63, 3.8) is 0 Å². The van der Waals surface area contributed by atoms with Crippen LogP contribution in [0, 0.1) is 0 Å². The number of rotatable bonds is 5. The first kappa shape index (κ1) is 27.2. The summed E-state index contributed by atoms with van der Waals surface area (Å²) in [6, 6.07) is 2.61. The summed E-state index contributed by atoms with van der Waals surface area (Å²) in [6.45, 7) is 9.72. The molecule has 1 saturated heterocycles. The third-order valence-corrected chi connectivity index (χ3v) is 7.28. The molecule has 2 atom stereocenters. The second-order valence-electron chi connectivity index (χ2n) is 9.78. The molecule has 1 aliphatic rings. The molecule has 0 saturated carbocycles. The summed E-state index contributed by atoms with van der Waals surface area (Å²) in [5.41, 5.74) is -1.82. The number of nitrogens with zero attached hydrogens (tertiary/aromatic N) is 1. The summed E-state index contributed by atoms with van der Waals surface area (Å²) in [7, 11) is -4.50. The van der Waals surface area contributed by atoms with Crippen molar-refractivity contribution in [2.75, 3.05) is 6.54 Å². The predicted octanol–water partition coefficient (Wildman–Crippen LogP) is 3.60. The second kappa shape index (κ2) is 9.32. The Morgan fingerprint density at radius 1 is 1.09 bits per heavy atom. The van der Waals surface area contributed by atoms with Crippen molar-refractivity contribution in [3.8, 4) is 0 Å². The third-order valence-electron chi connectivity index (χ3n) is 4.68. The Morgan fingerprint density at radius 3 is 2.18 bits per heavy atom. The Kier molecular flexibility index (Phi) is 7.69. The van der Waals surface area contributed by atoms with E-state index in [1.807, 2.05) is 0 Å². The van der Waals surface area contributed by atoms with Gasteiger partial charge in [-0.25, -0.2) is 18.0 Å². The molecule has 33 heavy (non-hydrogen) atoms. The van der Waals surface area contributed by atoms with Crippen LogP contribution in [-0.4, -0.2) is 59.9 Å². The molecule has 0 aromatic heterocycles. The number of carboxylic acids is 1. The highest BCUT2D eigenvalue weighted by Crippen LogP contribution is 2.33. The topological polar surface area (TPSA) is 136 Å². The number of hydrogen-bond acceptors (Lipinski definition) is 7. The SMILES string of the molecule is CC(C)(C)OC(=O)c1cccc(S(=O)(=O)N[N+]2(C(=O)OC(C)(C)C)CCCC2C(=O)O)c1Br. The van der Waals surface area contributed by atoms with Crippen LogP contribution in [0.5, 0.6) is 0 Å². The number of halogens is 1. The van der Waals surface area contributed by atoms with Gasteiger partial charge in [-0.1, -0.05) is 6.07 Å². The average molecular weight is 550 g/mol. The quantitative estimate of drug-likeness (QED) is 0.420. The molecule has 1 heterocycles. The molecule has 1 aromatic carbocycles. The molecule has 2 N–H and O–H groups in total. The van der Waals surface area contributed by atoms with E-state index in [4.69, 9.17) is 9.47 Å². The van der Waals surface area contributed by atoms with Crippen LogP contribution in [0.15, 0.2) is 27.6 Å². The Hall–Kier alpha value is -2.02. The fourth-order valence-corrected chi connectivity index (χ4v) is 5.89. The van der Waals surface area contributed by atoms with Crippen molar-refractivity contribution in [2.24, 2.45) is 0 Å². The van der Waals surface area contributed by atoms with E-state index in [0.717, 1.165) is 0 Å². The molecule has 2 rings (SSSR count). The molecule has 0 spiro atoms. The van der Waals surface area contributed by atoms with Gasteiger partial charge in [-0.05, 0) is 74.4 Å². The van der Waals surface area contributed by atoms with E-state index in [9.17, 15) is 27.9 Å². The molecule has 10 nitrogen and oxygen atoms in total. The minimum Gasteiger partial charge on any atom is -0.477 e. The van der Waals surface area contributed by atoms with Gasteiger partial charge >= 0.3 is 18.0 Å². The number of likely N-dealkylation sites (tertiary alicyclic amines) is 1. The van der Waals surface area contributed by atoms with E-state index in [2.05, 4.69) is 20.8 Å². The first-order valence-electron chi connectivity index (χ1n) is 10.3. The van der Waals surface area contributed by atoms with Gasteiger partial charge in [-0.15, -0.1) is 4.59 Å². The molecule has 0 aliphatic carbocycles. The second-order valence-corrected chi connectivity index (χ2v) is 12.2. The van der Waals surface area contributed by atoms with Crippen LogP contribution in [0.1, 0.15) is 64.7 Å². The van der Waals surface area contributed by atoms with Crippen LogP contribution >= 0.6 is 15.9 Å². The third kappa shape index (κ3) is 6.31. The highest BCUT2D eigenvalue weighted by Gasteiger charge is 2.58. The van der Waals surface area contributed by atoms with E-state index in [-0.39, 0.29) is 34.3 Å². The van der Waals surface area contributed by atoms with E-state index >= 15 is 0 Å². The summed E-state index contributed by atoms with van der Waals surface area (Å²) >= 11 is 3.16. The number of amides is 1. The minimum absolute atomic E-state index is 0.0344. The van der Waals surface area contributed by atoms with Gasteiger partial charge in [0.2, 0.25) is 6.04 Å². The smallest absolute Gasteiger partial charge is 0.477 e. The highest BCUT2D eigenvalue weighted by atomic mass is 79.9. The zero-order valence-electron chi connectivity index (χ0n) is 19.5. The maximum Gasteiger partial charge on any atom is 0.538 e. The fourth-order valence-electron chi connectivity index (χ4n) is 3.40. The number of hydrogen-bond donors (Lipinski definition) is 2. The van der Waals surface area contributed by atoms with Gasteiger partial charge in [0.15, 0.2) is 0 Å². The molecule has 184 valence electrons. The standard InChI is InChI=1S/C21H29BrN2O8S/c1-20(2,3)31-18(27)13-9-7-11-15(16(13)22)33(29,30)23-24(19(28)32-21(4,5)6)12-8-10-14(24)17(25)26/h7,9,11,14,23H,8,10,12H2,1-6H3/p+1.